The number of imidazole rings is 1. The number of halogens is 1. The van der Waals surface area contributed by atoms with Crippen LogP contribution in [0.3, 0.4) is 0 Å². The third-order valence-corrected chi connectivity index (χ3v) is 6.88. The van der Waals surface area contributed by atoms with Gasteiger partial charge in [-0.3, -0.25) is 4.90 Å². The van der Waals surface area contributed by atoms with E-state index in [0.29, 0.717) is 17.8 Å². The molecule has 0 saturated carbocycles. The van der Waals surface area contributed by atoms with Crippen LogP contribution in [0.1, 0.15) is 19.4 Å². The van der Waals surface area contributed by atoms with Gasteiger partial charge in [0.05, 0.1) is 11.3 Å². The Labute approximate surface area is 214 Å². The zero-order chi connectivity index (χ0) is 25.7. The number of pyridine rings is 1. The number of H-pyrrole nitrogens is 1. The Hall–Kier alpha value is -3.82. The lowest BCUT2D eigenvalue weighted by atomic mass is 10.0. The smallest absolute Gasteiger partial charge is 0.158 e. The number of nitrogens with one attached hydrogen (secondary N) is 1. The van der Waals surface area contributed by atoms with Crippen LogP contribution in [0.2, 0.25) is 0 Å². The van der Waals surface area contributed by atoms with Gasteiger partial charge in [0.1, 0.15) is 23.0 Å². The standard InChI is InChI=1S/C28H30FN7O/c1-18-15-23(35-13-11-34(12-14-35)17-28(2,3)37)33-36-25(21-7-9-30-26-22(21)8-10-31-26)24(32-27(18)36)19-5-4-6-20(29)16-19/h4-10,15-16,37H,11-14,17H2,1-3H3,(H,30,31). The first-order valence-electron chi connectivity index (χ1n) is 12.6. The van der Waals surface area contributed by atoms with Crippen LogP contribution in [0, 0.1) is 12.7 Å². The summed E-state index contributed by atoms with van der Waals surface area (Å²) in [6.45, 7) is 9.69. The molecule has 4 aromatic heterocycles. The van der Waals surface area contributed by atoms with E-state index in [2.05, 4.69) is 25.8 Å². The maximum Gasteiger partial charge on any atom is 0.158 e. The molecule has 1 fully saturated rings. The van der Waals surface area contributed by atoms with Gasteiger partial charge in [0.2, 0.25) is 0 Å². The number of aromatic nitrogens is 5. The lowest BCUT2D eigenvalue weighted by Gasteiger charge is -2.37. The Morgan fingerprint density at radius 1 is 1.08 bits per heavy atom. The molecule has 9 heteroatoms. The highest BCUT2D eigenvalue weighted by atomic mass is 19.1. The first-order chi connectivity index (χ1) is 17.8. The number of β-amino-alcohol motifs (C(OH)–C–C–N with tert-alkyl or cyclic N) is 1. The minimum atomic E-state index is -0.719. The molecule has 2 N–H and O–H groups in total. The number of aromatic amines is 1. The van der Waals surface area contributed by atoms with Crippen molar-refractivity contribution in [3.8, 4) is 22.5 Å². The summed E-state index contributed by atoms with van der Waals surface area (Å²) in [7, 11) is 0. The molecule has 37 heavy (non-hydrogen) atoms. The van der Waals surface area contributed by atoms with Crippen LogP contribution in [0.5, 0.6) is 0 Å². The molecule has 1 aliphatic rings. The molecule has 8 nitrogen and oxygen atoms in total. The van der Waals surface area contributed by atoms with Gasteiger partial charge in [-0.05, 0) is 56.7 Å². The fourth-order valence-corrected chi connectivity index (χ4v) is 5.24. The van der Waals surface area contributed by atoms with Gasteiger partial charge in [-0.15, -0.1) is 5.10 Å². The minimum Gasteiger partial charge on any atom is -0.389 e. The molecule has 1 aromatic carbocycles. The average Bonchev–Trinajstić information content (AvgIpc) is 3.49. The number of piperazine rings is 1. The van der Waals surface area contributed by atoms with Crippen molar-refractivity contribution in [2.24, 2.45) is 0 Å². The molecule has 0 bridgehead atoms. The molecular weight excluding hydrogens is 469 g/mol. The van der Waals surface area contributed by atoms with E-state index in [1.165, 1.54) is 12.1 Å². The third-order valence-electron chi connectivity index (χ3n) is 6.88. The van der Waals surface area contributed by atoms with Crippen LogP contribution in [-0.4, -0.2) is 72.9 Å². The molecule has 5 heterocycles. The second kappa shape index (κ2) is 8.93. The summed E-state index contributed by atoms with van der Waals surface area (Å²) in [5.74, 6) is 0.563. The Morgan fingerprint density at radius 2 is 1.89 bits per heavy atom. The molecule has 0 aliphatic carbocycles. The molecule has 190 valence electrons. The number of aryl methyl sites for hydroxylation is 1. The van der Waals surface area contributed by atoms with Gasteiger partial charge in [0.15, 0.2) is 5.65 Å². The van der Waals surface area contributed by atoms with Crippen molar-refractivity contribution < 1.29 is 9.50 Å². The van der Waals surface area contributed by atoms with Crippen molar-refractivity contribution in [1.82, 2.24) is 29.5 Å². The van der Waals surface area contributed by atoms with E-state index in [4.69, 9.17) is 10.1 Å². The van der Waals surface area contributed by atoms with Crippen LogP contribution < -0.4 is 4.90 Å². The van der Waals surface area contributed by atoms with Gasteiger partial charge >= 0.3 is 0 Å². The molecule has 0 amide bonds. The SMILES string of the molecule is Cc1cc(N2CCN(CC(C)(C)O)CC2)nn2c(-c3ccnc4[nH]ccc34)c(-c3cccc(F)c3)nc12. The summed E-state index contributed by atoms with van der Waals surface area (Å²) in [6, 6.07) is 12.6. The van der Waals surface area contributed by atoms with Crippen molar-refractivity contribution in [1.29, 1.82) is 0 Å². The van der Waals surface area contributed by atoms with Crippen molar-refractivity contribution >= 4 is 22.5 Å². The molecule has 5 aromatic rings. The molecule has 1 saturated heterocycles. The molecular formula is C28H30FN7O. The fourth-order valence-electron chi connectivity index (χ4n) is 5.24. The fraction of sp³-hybridized carbons (Fsp3) is 0.321. The number of nitrogens with zero attached hydrogens (tertiary/aromatic N) is 6. The Morgan fingerprint density at radius 3 is 2.65 bits per heavy atom. The minimum absolute atomic E-state index is 0.309. The summed E-state index contributed by atoms with van der Waals surface area (Å²) in [4.78, 5) is 17.2. The van der Waals surface area contributed by atoms with E-state index in [9.17, 15) is 9.50 Å². The number of anilines is 1. The lowest BCUT2D eigenvalue weighted by Crippen LogP contribution is -2.50. The van der Waals surface area contributed by atoms with Gasteiger partial charge < -0.3 is 15.0 Å². The van der Waals surface area contributed by atoms with Gasteiger partial charge in [0.25, 0.3) is 0 Å². The quantitative estimate of drug-likeness (QED) is 0.376. The number of hydrogen-bond donors (Lipinski definition) is 2. The zero-order valence-electron chi connectivity index (χ0n) is 21.2. The molecule has 0 atom stereocenters. The monoisotopic (exact) mass is 499 g/mol. The molecule has 1 aliphatic heterocycles. The maximum atomic E-state index is 14.3. The summed E-state index contributed by atoms with van der Waals surface area (Å²) < 4.78 is 16.2. The van der Waals surface area contributed by atoms with E-state index in [-0.39, 0.29) is 5.82 Å². The van der Waals surface area contributed by atoms with Crippen LogP contribution in [0.25, 0.3) is 39.2 Å². The first kappa shape index (κ1) is 23.6. The van der Waals surface area contributed by atoms with E-state index >= 15 is 0 Å². The second-order valence-corrected chi connectivity index (χ2v) is 10.4. The zero-order valence-corrected chi connectivity index (χ0v) is 21.2. The molecule has 0 spiro atoms. The number of aliphatic hydroxyl groups is 1. The summed E-state index contributed by atoms with van der Waals surface area (Å²) in [5.41, 5.74) is 4.89. The van der Waals surface area contributed by atoms with Gasteiger partial charge in [-0.25, -0.2) is 18.9 Å². The predicted molar refractivity (Wildman–Crippen MR) is 143 cm³/mol. The third kappa shape index (κ3) is 4.45. The average molecular weight is 500 g/mol. The topological polar surface area (TPSA) is 85.6 Å². The lowest BCUT2D eigenvalue weighted by molar-refractivity contribution is 0.0344. The summed E-state index contributed by atoms with van der Waals surface area (Å²) in [6.07, 6.45) is 3.63. The van der Waals surface area contributed by atoms with Crippen LogP contribution >= 0.6 is 0 Å². The van der Waals surface area contributed by atoms with Crippen LogP contribution in [0.15, 0.2) is 54.9 Å². The largest absolute Gasteiger partial charge is 0.389 e. The van der Waals surface area contributed by atoms with Crippen molar-refractivity contribution in [3.05, 3.63) is 66.2 Å². The Kier molecular flexibility index (Phi) is 5.69. The van der Waals surface area contributed by atoms with Crippen LogP contribution in [-0.2, 0) is 0 Å². The number of fused-ring (bicyclic) bond motifs is 2. The van der Waals surface area contributed by atoms with E-state index < -0.39 is 5.60 Å². The maximum absolute atomic E-state index is 14.3. The predicted octanol–water partition coefficient (Wildman–Crippen LogP) is 4.28. The van der Waals surface area contributed by atoms with Crippen molar-refractivity contribution in [2.75, 3.05) is 37.6 Å². The molecule has 0 unspecified atom stereocenters. The van der Waals surface area contributed by atoms with E-state index in [0.717, 1.165) is 65.5 Å². The Balaban J connectivity index is 1.49. The highest BCUT2D eigenvalue weighted by Crippen LogP contribution is 2.37. The van der Waals surface area contributed by atoms with Gasteiger partial charge in [-0.1, -0.05) is 12.1 Å². The number of hydrogen-bond acceptors (Lipinski definition) is 6. The summed E-state index contributed by atoms with van der Waals surface area (Å²) >= 11 is 0. The highest BCUT2D eigenvalue weighted by molar-refractivity contribution is 5.97. The number of benzene rings is 1. The van der Waals surface area contributed by atoms with Crippen LogP contribution in [0.4, 0.5) is 10.2 Å². The van der Waals surface area contributed by atoms with E-state index in [1.807, 2.05) is 49.7 Å². The highest BCUT2D eigenvalue weighted by Gasteiger charge is 2.26. The van der Waals surface area contributed by atoms with E-state index in [1.54, 1.807) is 12.3 Å². The van der Waals surface area contributed by atoms with Gasteiger partial charge in [0, 0.05) is 61.6 Å². The number of rotatable bonds is 5. The summed E-state index contributed by atoms with van der Waals surface area (Å²) in [5, 5.41) is 16.2. The molecule has 6 rings (SSSR count). The normalized spacial score (nSPS) is 15.2. The van der Waals surface area contributed by atoms with Gasteiger partial charge in [-0.2, -0.15) is 0 Å². The van der Waals surface area contributed by atoms with Crippen molar-refractivity contribution in [3.63, 3.8) is 0 Å². The molecule has 0 radical (unpaired) electrons. The second-order valence-electron chi connectivity index (χ2n) is 10.4. The van der Waals surface area contributed by atoms with Crippen molar-refractivity contribution in [2.45, 2.75) is 26.4 Å². The Bertz CT molecular complexity index is 1590. The first-order valence-corrected chi connectivity index (χ1v) is 12.6.